The monoisotopic (exact) mass is 667 g/mol. The third-order valence-electron chi connectivity index (χ3n) is 8.15. The number of rotatable bonds is 13. The number of ether oxygens (including phenoxy) is 4. The predicted octanol–water partition coefficient (Wildman–Crippen LogP) is 5.05. The summed E-state index contributed by atoms with van der Waals surface area (Å²) in [5.41, 5.74) is 3.35. The SMILES string of the molecule is CCCCn1cc2/c(=C(\O)OCc3ccccc3)c(C)c(C(=O)OCC)n2/c1=C1\N=C(C(=O)OCC)C(C)=C1C(=O)OCc1ccccc1. The Morgan fingerprint density at radius 1 is 0.776 bits per heavy atom. The van der Waals surface area contributed by atoms with Gasteiger partial charge in [0, 0.05) is 12.7 Å². The van der Waals surface area contributed by atoms with Crippen molar-refractivity contribution < 1.29 is 38.4 Å². The molecule has 0 saturated heterocycles. The Morgan fingerprint density at radius 3 is 1.96 bits per heavy atom. The second-order valence-electron chi connectivity index (χ2n) is 11.5. The van der Waals surface area contributed by atoms with E-state index < -0.39 is 17.9 Å². The molecule has 0 spiro atoms. The molecule has 0 radical (unpaired) electrons. The highest BCUT2D eigenvalue weighted by molar-refractivity contribution is 6.47. The summed E-state index contributed by atoms with van der Waals surface area (Å²) in [6.45, 7) is 9.51. The van der Waals surface area contributed by atoms with Crippen molar-refractivity contribution in [3.05, 3.63) is 111 Å². The summed E-state index contributed by atoms with van der Waals surface area (Å²) in [4.78, 5) is 45.5. The van der Waals surface area contributed by atoms with Crippen molar-refractivity contribution in [2.75, 3.05) is 13.2 Å². The molecular weight excluding hydrogens is 626 g/mol. The summed E-state index contributed by atoms with van der Waals surface area (Å²) in [6, 6.07) is 18.6. The first-order valence-electron chi connectivity index (χ1n) is 16.4. The number of benzene rings is 2. The van der Waals surface area contributed by atoms with Crippen molar-refractivity contribution in [1.29, 1.82) is 0 Å². The van der Waals surface area contributed by atoms with Crippen LogP contribution in [0, 0.1) is 6.92 Å². The van der Waals surface area contributed by atoms with Gasteiger partial charge in [0.1, 0.15) is 30.1 Å². The minimum absolute atomic E-state index is 0.00678. The lowest BCUT2D eigenvalue weighted by atomic mass is 10.1. The van der Waals surface area contributed by atoms with Crippen molar-refractivity contribution in [2.45, 2.75) is 67.2 Å². The van der Waals surface area contributed by atoms with Crippen molar-refractivity contribution in [3.8, 4) is 0 Å². The minimum atomic E-state index is -0.696. The van der Waals surface area contributed by atoms with Gasteiger partial charge in [0.15, 0.2) is 5.71 Å². The van der Waals surface area contributed by atoms with E-state index in [0.717, 1.165) is 24.0 Å². The molecule has 0 amide bonds. The van der Waals surface area contributed by atoms with E-state index in [4.69, 9.17) is 23.9 Å². The topological polar surface area (TPSA) is 130 Å². The van der Waals surface area contributed by atoms with Gasteiger partial charge in [0.2, 0.25) is 0 Å². The quantitative estimate of drug-likeness (QED) is 0.155. The highest BCUT2D eigenvalue weighted by atomic mass is 16.6. The average molecular weight is 668 g/mol. The van der Waals surface area contributed by atoms with Crippen LogP contribution >= 0.6 is 0 Å². The summed E-state index contributed by atoms with van der Waals surface area (Å²) >= 11 is 0. The summed E-state index contributed by atoms with van der Waals surface area (Å²) in [5, 5.41) is 11.7. The highest BCUT2D eigenvalue weighted by Crippen LogP contribution is 2.29. The highest BCUT2D eigenvalue weighted by Gasteiger charge is 2.35. The Kier molecular flexibility index (Phi) is 11.0. The zero-order chi connectivity index (χ0) is 35.1. The smallest absolute Gasteiger partial charge is 0.357 e. The molecular formula is C38H41N3O8. The zero-order valence-electron chi connectivity index (χ0n) is 28.4. The lowest BCUT2D eigenvalue weighted by Crippen LogP contribution is -2.29. The number of hydrogen-bond donors (Lipinski definition) is 1. The van der Waals surface area contributed by atoms with Crippen molar-refractivity contribution >= 4 is 40.8 Å². The Hall–Kier alpha value is -5.58. The number of fused-ring (bicyclic) bond motifs is 1. The molecule has 0 fully saturated rings. The van der Waals surface area contributed by atoms with Gasteiger partial charge in [-0.3, -0.25) is 4.40 Å². The maximum Gasteiger partial charge on any atom is 0.357 e. The van der Waals surface area contributed by atoms with E-state index in [2.05, 4.69) is 0 Å². The van der Waals surface area contributed by atoms with E-state index in [0.29, 0.717) is 23.1 Å². The first-order chi connectivity index (χ1) is 23.7. The molecule has 2 aromatic heterocycles. The number of carbonyl (C=O) groups is 3. The Bertz CT molecular complexity index is 2050. The van der Waals surface area contributed by atoms with Crippen LogP contribution in [0.2, 0.25) is 0 Å². The molecule has 0 saturated carbocycles. The number of imidazole rings is 1. The zero-order valence-corrected chi connectivity index (χ0v) is 28.4. The van der Waals surface area contributed by atoms with Gasteiger partial charge >= 0.3 is 17.9 Å². The predicted molar refractivity (Wildman–Crippen MR) is 184 cm³/mol. The van der Waals surface area contributed by atoms with Crippen LogP contribution in [-0.2, 0) is 48.3 Å². The maximum absolute atomic E-state index is 13.9. The lowest BCUT2D eigenvalue weighted by molar-refractivity contribution is -0.139. The van der Waals surface area contributed by atoms with E-state index in [9.17, 15) is 19.5 Å². The molecule has 3 heterocycles. The second kappa shape index (κ2) is 15.5. The van der Waals surface area contributed by atoms with E-state index in [1.54, 1.807) is 38.3 Å². The number of unbranched alkanes of at least 4 members (excludes halogenated alkanes) is 1. The number of aliphatic hydroxyl groups is 1. The molecule has 0 atom stereocenters. The number of nitrogens with zero attached hydrogens (tertiary/aromatic N) is 3. The molecule has 0 unspecified atom stereocenters. The Labute approximate surface area is 284 Å². The molecule has 11 heteroatoms. The molecule has 0 bridgehead atoms. The molecule has 4 aromatic rings. The van der Waals surface area contributed by atoms with E-state index in [-0.39, 0.29) is 65.8 Å². The number of carbonyl (C=O) groups excluding carboxylic acids is 3. The van der Waals surface area contributed by atoms with Crippen LogP contribution in [0.1, 0.15) is 67.7 Å². The van der Waals surface area contributed by atoms with Crippen LogP contribution < -0.4 is 10.7 Å². The van der Waals surface area contributed by atoms with Crippen molar-refractivity contribution in [3.63, 3.8) is 0 Å². The summed E-state index contributed by atoms with van der Waals surface area (Å²) in [7, 11) is 0. The van der Waals surface area contributed by atoms with E-state index >= 15 is 0 Å². The minimum Gasteiger partial charge on any atom is -0.480 e. The van der Waals surface area contributed by atoms with Gasteiger partial charge < -0.3 is 28.6 Å². The number of aromatic nitrogens is 2. The molecule has 256 valence electrons. The standard InChI is InChI=1S/C38H41N3O8/c1-6-9-20-40-21-28-29(35(42)48-22-26-16-12-10-13-17-26)25(5)33(38(45)47-8-3)41(28)34(40)32-30(24(4)31(39-32)37(44)46-7-2)36(43)49-23-27-18-14-11-15-19-27/h10-19,21,42H,6-9,20,22-23H2,1-5H3/b34-32-,35-29+. The third kappa shape index (κ3) is 7.15. The van der Waals surface area contributed by atoms with Gasteiger partial charge in [0.05, 0.1) is 29.5 Å². The number of hydrogen-bond acceptors (Lipinski definition) is 9. The van der Waals surface area contributed by atoms with Crippen LogP contribution in [0.3, 0.4) is 0 Å². The van der Waals surface area contributed by atoms with E-state index in [1.807, 2.05) is 72.2 Å². The first-order valence-corrected chi connectivity index (χ1v) is 16.4. The van der Waals surface area contributed by atoms with Crippen LogP contribution in [0.5, 0.6) is 0 Å². The number of esters is 3. The molecule has 2 aromatic carbocycles. The van der Waals surface area contributed by atoms with Crippen molar-refractivity contribution in [2.24, 2.45) is 4.99 Å². The van der Waals surface area contributed by atoms with Crippen LogP contribution in [0.15, 0.2) is 83.0 Å². The van der Waals surface area contributed by atoms with Crippen LogP contribution in [-0.4, -0.2) is 50.9 Å². The normalized spacial score (nSPS) is 14.5. The van der Waals surface area contributed by atoms with Crippen LogP contribution in [0.4, 0.5) is 0 Å². The van der Waals surface area contributed by atoms with Crippen molar-refractivity contribution in [1.82, 2.24) is 8.97 Å². The van der Waals surface area contributed by atoms with Gasteiger partial charge in [-0.15, -0.1) is 0 Å². The fourth-order valence-electron chi connectivity index (χ4n) is 5.80. The van der Waals surface area contributed by atoms with Gasteiger partial charge in [-0.25, -0.2) is 19.4 Å². The molecule has 11 nitrogen and oxygen atoms in total. The summed E-state index contributed by atoms with van der Waals surface area (Å²) in [6.07, 6.45) is 3.37. The van der Waals surface area contributed by atoms with Crippen LogP contribution in [0.25, 0.3) is 17.2 Å². The molecule has 49 heavy (non-hydrogen) atoms. The van der Waals surface area contributed by atoms with Gasteiger partial charge in [-0.2, -0.15) is 0 Å². The fraction of sp³-hybridized carbons (Fsp3) is 0.316. The Morgan fingerprint density at radius 2 is 1.37 bits per heavy atom. The lowest BCUT2D eigenvalue weighted by Gasteiger charge is -2.10. The molecule has 1 aliphatic rings. The maximum atomic E-state index is 13.9. The second-order valence-corrected chi connectivity index (χ2v) is 11.5. The average Bonchev–Trinajstić information content (AvgIpc) is 3.72. The van der Waals surface area contributed by atoms with Gasteiger partial charge in [0.25, 0.3) is 5.95 Å². The Balaban J connectivity index is 1.82. The van der Waals surface area contributed by atoms with Gasteiger partial charge in [-0.05, 0) is 56.4 Å². The first kappa shape index (κ1) is 34.7. The fourth-order valence-corrected chi connectivity index (χ4v) is 5.80. The van der Waals surface area contributed by atoms with E-state index in [1.165, 1.54) is 0 Å². The number of aliphatic hydroxyl groups excluding tert-OH is 1. The largest absolute Gasteiger partial charge is 0.480 e. The number of aliphatic imine (C=N–C) groups is 1. The molecule has 1 aliphatic heterocycles. The summed E-state index contributed by atoms with van der Waals surface area (Å²) in [5.74, 6) is -2.41. The molecule has 0 aliphatic carbocycles. The number of aryl methyl sites for hydroxylation is 1. The third-order valence-corrected chi connectivity index (χ3v) is 8.15. The summed E-state index contributed by atoms with van der Waals surface area (Å²) < 4.78 is 25.9. The molecule has 1 N–H and O–H groups in total. The molecule has 5 rings (SSSR count). The van der Waals surface area contributed by atoms with Gasteiger partial charge in [-0.1, -0.05) is 74.0 Å².